The van der Waals surface area contributed by atoms with E-state index < -0.39 is 5.66 Å². The van der Waals surface area contributed by atoms with Crippen LogP contribution in [0.25, 0.3) is 6.08 Å². The SMILES string of the molecule is CC1(C)N/C(=C/c2ccc(O)cc2)C(=O)N1CCc1ccc(O)cc1. The Kier molecular flexibility index (Phi) is 4.40. The van der Waals surface area contributed by atoms with Crippen molar-refractivity contribution in [3.8, 4) is 11.5 Å². The summed E-state index contributed by atoms with van der Waals surface area (Å²) >= 11 is 0. The maximum atomic E-state index is 12.8. The van der Waals surface area contributed by atoms with Gasteiger partial charge in [-0.3, -0.25) is 4.79 Å². The molecule has 1 aliphatic heterocycles. The van der Waals surface area contributed by atoms with Gasteiger partial charge in [0.1, 0.15) is 22.9 Å². The van der Waals surface area contributed by atoms with Crippen molar-refractivity contribution in [3.63, 3.8) is 0 Å². The number of rotatable bonds is 4. The van der Waals surface area contributed by atoms with Crippen molar-refractivity contribution < 1.29 is 15.0 Å². The lowest BCUT2D eigenvalue weighted by molar-refractivity contribution is -0.128. The summed E-state index contributed by atoms with van der Waals surface area (Å²) in [6, 6.07) is 13.8. The van der Waals surface area contributed by atoms with Gasteiger partial charge in [0.15, 0.2) is 0 Å². The lowest BCUT2D eigenvalue weighted by atomic mass is 10.1. The molecule has 1 heterocycles. The molecule has 1 amide bonds. The summed E-state index contributed by atoms with van der Waals surface area (Å²) in [5.74, 6) is 0.391. The second-order valence-corrected chi connectivity index (χ2v) is 6.71. The normalized spacial score (nSPS) is 17.8. The topological polar surface area (TPSA) is 72.8 Å². The molecule has 130 valence electrons. The maximum Gasteiger partial charge on any atom is 0.271 e. The molecule has 0 saturated carbocycles. The number of amides is 1. The summed E-state index contributed by atoms with van der Waals surface area (Å²) in [4.78, 5) is 14.6. The molecule has 25 heavy (non-hydrogen) atoms. The second-order valence-electron chi connectivity index (χ2n) is 6.71. The molecule has 3 N–H and O–H groups in total. The summed E-state index contributed by atoms with van der Waals surface area (Å²) < 4.78 is 0. The van der Waals surface area contributed by atoms with Gasteiger partial charge < -0.3 is 20.4 Å². The van der Waals surface area contributed by atoms with Gasteiger partial charge in [0.25, 0.3) is 5.91 Å². The van der Waals surface area contributed by atoms with Gasteiger partial charge in [0.05, 0.1) is 0 Å². The Morgan fingerprint density at radius 3 is 2.16 bits per heavy atom. The molecular weight excluding hydrogens is 316 g/mol. The predicted octanol–water partition coefficient (Wildman–Crippen LogP) is 2.85. The first-order valence-electron chi connectivity index (χ1n) is 8.24. The number of nitrogens with one attached hydrogen (secondary N) is 1. The molecule has 2 aromatic carbocycles. The van der Waals surface area contributed by atoms with Gasteiger partial charge in [0.2, 0.25) is 0 Å². The third-order valence-electron chi connectivity index (χ3n) is 4.36. The van der Waals surface area contributed by atoms with Crippen LogP contribution in [0.1, 0.15) is 25.0 Å². The average molecular weight is 338 g/mol. The third kappa shape index (κ3) is 3.76. The highest BCUT2D eigenvalue weighted by Crippen LogP contribution is 2.25. The molecule has 0 unspecified atom stereocenters. The summed E-state index contributed by atoms with van der Waals surface area (Å²) in [6.45, 7) is 4.52. The van der Waals surface area contributed by atoms with E-state index in [1.54, 1.807) is 42.5 Å². The van der Waals surface area contributed by atoms with Crippen LogP contribution in [0.4, 0.5) is 0 Å². The highest BCUT2D eigenvalue weighted by atomic mass is 16.3. The molecule has 0 bridgehead atoms. The summed E-state index contributed by atoms with van der Waals surface area (Å²) in [6.07, 6.45) is 2.51. The van der Waals surface area contributed by atoms with E-state index in [4.69, 9.17) is 0 Å². The van der Waals surface area contributed by atoms with Crippen molar-refractivity contribution >= 4 is 12.0 Å². The maximum absolute atomic E-state index is 12.8. The van der Waals surface area contributed by atoms with Gasteiger partial charge in [-0.15, -0.1) is 0 Å². The molecule has 3 rings (SSSR count). The van der Waals surface area contributed by atoms with E-state index in [1.165, 1.54) is 0 Å². The number of nitrogens with zero attached hydrogens (tertiary/aromatic N) is 1. The van der Waals surface area contributed by atoms with Crippen LogP contribution in [0.5, 0.6) is 11.5 Å². The Hall–Kier alpha value is -2.95. The Morgan fingerprint density at radius 1 is 1.00 bits per heavy atom. The Balaban J connectivity index is 1.74. The third-order valence-corrected chi connectivity index (χ3v) is 4.36. The Bertz CT molecular complexity index is 793. The summed E-state index contributed by atoms with van der Waals surface area (Å²) in [7, 11) is 0. The predicted molar refractivity (Wildman–Crippen MR) is 96.8 cm³/mol. The van der Waals surface area contributed by atoms with Crippen molar-refractivity contribution in [2.75, 3.05) is 6.54 Å². The minimum atomic E-state index is -0.475. The molecule has 0 spiro atoms. The quantitative estimate of drug-likeness (QED) is 0.750. The fraction of sp³-hybridized carbons (Fsp3) is 0.250. The largest absolute Gasteiger partial charge is 0.508 e. The smallest absolute Gasteiger partial charge is 0.271 e. The first-order valence-corrected chi connectivity index (χ1v) is 8.24. The number of carbonyl (C=O) groups is 1. The Labute approximate surface area is 147 Å². The van der Waals surface area contributed by atoms with Crippen LogP contribution in [-0.2, 0) is 11.2 Å². The van der Waals surface area contributed by atoms with Crippen molar-refractivity contribution in [2.45, 2.75) is 25.9 Å². The molecule has 1 saturated heterocycles. The van der Waals surface area contributed by atoms with E-state index in [-0.39, 0.29) is 17.4 Å². The summed E-state index contributed by atoms with van der Waals surface area (Å²) in [5.41, 5.74) is 1.99. The number of hydrogen-bond donors (Lipinski definition) is 3. The van der Waals surface area contributed by atoms with Crippen LogP contribution in [0.2, 0.25) is 0 Å². The standard InChI is InChI=1S/C20H22N2O3/c1-20(2)21-18(13-15-5-9-17(24)10-6-15)19(25)22(20)12-11-14-3-7-16(23)8-4-14/h3-10,13,21,23-24H,11-12H2,1-2H3/b18-13+. The zero-order valence-corrected chi connectivity index (χ0v) is 14.4. The zero-order chi connectivity index (χ0) is 18.0. The highest BCUT2D eigenvalue weighted by molar-refractivity contribution is 6.00. The molecule has 0 aromatic heterocycles. The van der Waals surface area contributed by atoms with E-state index in [0.29, 0.717) is 18.7 Å². The number of phenolic OH excluding ortho intramolecular Hbond substituents is 2. The molecule has 1 fully saturated rings. The summed E-state index contributed by atoms with van der Waals surface area (Å²) in [5, 5.41) is 22.0. The van der Waals surface area contributed by atoms with Crippen molar-refractivity contribution in [3.05, 3.63) is 65.4 Å². The van der Waals surface area contributed by atoms with Crippen LogP contribution >= 0.6 is 0 Å². The van der Waals surface area contributed by atoms with Gasteiger partial charge in [0, 0.05) is 6.54 Å². The van der Waals surface area contributed by atoms with E-state index in [1.807, 2.05) is 30.9 Å². The monoisotopic (exact) mass is 338 g/mol. The number of carbonyl (C=O) groups excluding carboxylic acids is 1. The van der Waals surface area contributed by atoms with Gasteiger partial charge in [-0.2, -0.15) is 0 Å². The molecule has 1 aliphatic rings. The Morgan fingerprint density at radius 2 is 1.56 bits per heavy atom. The molecular formula is C20H22N2O3. The fourth-order valence-electron chi connectivity index (χ4n) is 2.97. The van der Waals surface area contributed by atoms with Crippen LogP contribution in [0, 0.1) is 0 Å². The molecule has 0 aliphatic carbocycles. The van der Waals surface area contributed by atoms with E-state index in [9.17, 15) is 15.0 Å². The van der Waals surface area contributed by atoms with Crippen LogP contribution in [-0.4, -0.2) is 33.2 Å². The van der Waals surface area contributed by atoms with Crippen molar-refractivity contribution in [1.82, 2.24) is 10.2 Å². The number of phenols is 2. The molecule has 5 nitrogen and oxygen atoms in total. The van der Waals surface area contributed by atoms with E-state index in [0.717, 1.165) is 11.1 Å². The fourth-order valence-corrected chi connectivity index (χ4v) is 2.97. The van der Waals surface area contributed by atoms with Crippen molar-refractivity contribution in [1.29, 1.82) is 0 Å². The van der Waals surface area contributed by atoms with Gasteiger partial charge in [-0.05, 0) is 61.7 Å². The number of benzene rings is 2. The zero-order valence-electron chi connectivity index (χ0n) is 14.4. The van der Waals surface area contributed by atoms with Gasteiger partial charge >= 0.3 is 0 Å². The molecule has 2 aromatic rings. The van der Waals surface area contributed by atoms with Gasteiger partial charge in [-0.25, -0.2) is 0 Å². The minimum absolute atomic E-state index is 0.0446. The lowest BCUT2D eigenvalue weighted by Crippen LogP contribution is -2.47. The van der Waals surface area contributed by atoms with Crippen molar-refractivity contribution in [2.24, 2.45) is 0 Å². The minimum Gasteiger partial charge on any atom is -0.508 e. The first-order chi connectivity index (χ1) is 11.8. The lowest BCUT2D eigenvalue weighted by Gasteiger charge is -2.30. The first kappa shape index (κ1) is 16.9. The van der Waals surface area contributed by atoms with Crippen LogP contribution < -0.4 is 5.32 Å². The van der Waals surface area contributed by atoms with Crippen LogP contribution in [0.3, 0.4) is 0 Å². The highest BCUT2D eigenvalue weighted by Gasteiger charge is 2.40. The van der Waals surface area contributed by atoms with Crippen LogP contribution in [0.15, 0.2) is 54.2 Å². The van der Waals surface area contributed by atoms with Gasteiger partial charge in [-0.1, -0.05) is 24.3 Å². The average Bonchev–Trinajstić information content (AvgIpc) is 2.78. The van der Waals surface area contributed by atoms with E-state index >= 15 is 0 Å². The number of aromatic hydroxyl groups is 2. The van der Waals surface area contributed by atoms with E-state index in [2.05, 4.69) is 5.32 Å². The molecule has 0 atom stereocenters. The second kappa shape index (κ2) is 6.51. The molecule has 5 heteroatoms. The molecule has 0 radical (unpaired) electrons. The number of hydrogen-bond acceptors (Lipinski definition) is 4.